The van der Waals surface area contributed by atoms with E-state index in [-0.39, 0.29) is 5.82 Å². The number of hydrogen-bond donors (Lipinski definition) is 0. The standard InChI is InChI=1S/C24H28FN3O4/c1-16(26-29)18-4-7-21(23(14-18)30-2)31-13-3-10-28-11-8-17(9-12-28)24-20-6-5-19(25)15-22(20)32-27-24/h4-7,14-17H,3,8-13H2,1-2H3. The average Bonchev–Trinajstić information content (AvgIpc) is 3.24. The lowest BCUT2D eigenvalue weighted by Gasteiger charge is -2.31. The SMILES string of the molecule is COc1cc(C(C)N=O)ccc1OCCCN1CCC(c2noc3cc(F)ccc23)CC1. The summed E-state index contributed by atoms with van der Waals surface area (Å²) in [5.74, 6) is 1.31. The lowest BCUT2D eigenvalue weighted by molar-refractivity contribution is 0.189. The molecular formula is C24H28FN3O4. The first-order valence-corrected chi connectivity index (χ1v) is 11.0. The van der Waals surface area contributed by atoms with Gasteiger partial charge in [-0.3, -0.25) is 0 Å². The maximum atomic E-state index is 13.4. The Balaban J connectivity index is 1.24. The van der Waals surface area contributed by atoms with Crippen molar-refractivity contribution in [3.63, 3.8) is 0 Å². The Labute approximate surface area is 186 Å². The fourth-order valence-electron chi connectivity index (χ4n) is 4.25. The van der Waals surface area contributed by atoms with Crippen molar-refractivity contribution < 1.29 is 18.4 Å². The average molecular weight is 442 g/mol. The zero-order chi connectivity index (χ0) is 22.5. The lowest BCUT2D eigenvalue weighted by atomic mass is 9.91. The minimum atomic E-state index is -0.419. The number of ether oxygens (including phenoxy) is 2. The van der Waals surface area contributed by atoms with Crippen LogP contribution in [0.3, 0.4) is 0 Å². The summed E-state index contributed by atoms with van der Waals surface area (Å²) in [5.41, 5.74) is 2.26. The molecule has 0 saturated carbocycles. The second-order valence-corrected chi connectivity index (χ2v) is 8.22. The minimum absolute atomic E-state index is 0.307. The summed E-state index contributed by atoms with van der Waals surface area (Å²) >= 11 is 0. The fourth-order valence-corrected chi connectivity index (χ4v) is 4.25. The topological polar surface area (TPSA) is 77.2 Å². The number of benzene rings is 2. The summed E-state index contributed by atoms with van der Waals surface area (Å²) in [6.45, 7) is 5.24. The van der Waals surface area contributed by atoms with Crippen LogP contribution in [0.2, 0.25) is 0 Å². The Morgan fingerprint density at radius 2 is 2.03 bits per heavy atom. The molecule has 170 valence electrons. The maximum absolute atomic E-state index is 13.4. The van der Waals surface area contributed by atoms with E-state index in [0.29, 0.717) is 29.6 Å². The number of nitroso groups, excluding NO2 is 1. The van der Waals surface area contributed by atoms with Crippen molar-refractivity contribution in [3.8, 4) is 11.5 Å². The molecule has 1 aliphatic heterocycles. The number of rotatable bonds is 9. The molecular weight excluding hydrogens is 413 g/mol. The number of nitrogens with zero attached hydrogens (tertiary/aromatic N) is 3. The van der Waals surface area contributed by atoms with Crippen LogP contribution in [0.1, 0.15) is 49.4 Å². The van der Waals surface area contributed by atoms with Crippen LogP contribution in [-0.4, -0.2) is 43.4 Å². The predicted octanol–water partition coefficient (Wildman–Crippen LogP) is 5.45. The summed E-state index contributed by atoms with van der Waals surface area (Å²) in [4.78, 5) is 13.2. The molecule has 32 heavy (non-hydrogen) atoms. The molecule has 0 aliphatic carbocycles. The van der Waals surface area contributed by atoms with Gasteiger partial charge in [-0.25, -0.2) is 4.39 Å². The number of methoxy groups -OCH3 is 1. The molecule has 1 aliphatic rings. The summed E-state index contributed by atoms with van der Waals surface area (Å²) in [5, 5.41) is 8.19. The van der Waals surface area contributed by atoms with Crippen LogP contribution in [0.15, 0.2) is 46.1 Å². The number of piperidine rings is 1. The normalized spacial score (nSPS) is 16.2. The summed E-state index contributed by atoms with van der Waals surface area (Å²) < 4.78 is 30.0. The van der Waals surface area contributed by atoms with Gasteiger partial charge in [0.2, 0.25) is 0 Å². The van der Waals surface area contributed by atoms with Crippen LogP contribution in [-0.2, 0) is 0 Å². The summed E-state index contributed by atoms with van der Waals surface area (Å²) in [7, 11) is 1.59. The molecule has 7 nitrogen and oxygen atoms in total. The van der Waals surface area contributed by atoms with E-state index in [9.17, 15) is 9.30 Å². The Kier molecular flexibility index (Phi) is 6.99. The molecule has 0 amide bonds. The molecule has 1 aromatic heterocycles. The quantitative estimate of drug-likeness (QED) is 0.325. The van der Waals surface area contributed by atoms with Crippen molar-refractivity contribution in [2.45, 2.75) is 38.1 Å². The second-order valence-electron chi connectivity index (χ2n) is 8.22. The van der Waals surface area contributed by atoms with E-state index in [2.05, 4.69) is 15.2 Å². The minimum Gasteiger partial charge on any atom is -0.493 e. The Bertz CT molecular complexity index is 1060. The lowest BCUT2D eigenvalue weighted by Crippen LogP contribution is -2.34. The number of aromatic nitrogens is 1. The molecule has 1 atom stereocenters. The van der Waals surface area contributed by atoms with E-state index in [1.807, 2.05) is 12.1 Å². The van der Waals surface area contributed by atoms with Crippen molar-refractivity contribution in [3.05, 3.63) is 58.4 Å². The van der Waals surface area contributed by atoms with E-state index < -0.39 is 6.04 Å². The van der Waals surface area contributed by atoms with Crippen LogP contribution >= 0.6 is 0 Å². The molecule has 0 spiro atoms. The predicted molar refractivity (Wildman–Crippen MR) is 120 cm³/mol. The zero-order valence-electron chi connectivity index (χ0n) is 18.4. The van der Waals surface area contributed by atoms with Gasteiger partial charge in [-0.1, -0.05) is 16.4 Å². The van der Waals surface area contributed by atoms with Crippen molar-refractivity contribution in [2.24, 2.45) is 5.18 Å². The van der Waals surface area contributed by atoms with Crippen LogP contribution in [0.25, 0.3) is 11.0 Å². The second kappa shape index (κ2) is 10.1. The summed E-state index contributed by atoms with van der Waals surface area (Å²) in [6.07, 6.45) is 2.89. The molecule has 0 bridgehead atoms. The number of hydrogen-bond acceptors (Lipinski definition) is 7. The number of fused-ring (bicyclic) bond motifs is 1. The molecule has 0 radical (unpaired) electrons. The fraction of sp³-hybridized carbons (Fsp3) is 0.458. The van der Waals surface area contributed by atoms with Gasteiger partial charge in [0.15, 0.2) is 17.1 Å². The monoisotopic (exact) mass is 441 g/mol. The third-order valence-corrected chi connectivity index (χ3v) is 6.14. The van der Waals surface area contributed by atoms with E-state index in [1.54, 1.807) is 26.2 Å². The molecule has 2 aromatic carbocycles. The van der Waals surface area contributed by atoms with Crippen molar-refractivity contribution >= 4 is 11.0 Å². The highest BCUT2D eigenvalue weighted by molar-refractivity contribution is 5.79. The molecule has 2 heterocycles. The molecule has 4 rings (SSSR count). The van der Waals surface area contributed by atoms with E-state index in [4.69, 9.17) is 14.0 Å². The van der Waals surface area contributed by atoms with Crippen LogP contribution in [0.5, 0.6) is 11.5 Å². The molecule has 3 aromatic rings. The first kappa shape index (κ1) is 22.2. The zero-order valence-corrected chi connectivity index (χ0v) is 18.4. The van der Waals surface area contributed by atoms with Crippen LogP contribution in [0, 0.1) is 10.7 Å². The van der Waals surface area contributed by atoms with Crippen LogP contribution in [0.4, 0.5) is 4.39 Å². The molecule has 8 heteroatoms. The van der Waals surface area contributed by atoms with E-state index >= 15 is 0 Å². The first-order valence-electron chi connectivity index (χ1n) is 11.0. The number of likely N-dealkylation sites (tertiary alicyclic amines) is 1. The highest BCUT2D eigenvalue weighted by Gasteiger charge is 2.25. The Hall–Kier alpha value is -3.00. The number of halogens is 1. The van der Waals surface area contributed by atoms with E-state index in [0.717, 1.165) is 55.5 Å². The van der Waals surface area contributed by atoms with Gasteiger partial charge < -0.3 is 18.9 Å². The Morgan fingerprint density at radius 3 is 2.78 bits per heavy atom. The highest BCUT2D eigenvalue weighted by Crippen LogP contribution is 2.33. The van der Waals surface area contributed by atoms with Gasteiger partial charge in [-0.2, -0.15) is 4.91 Å². The van der Waals surface area contributed by atoms with Gasteiger partial charge in [-0.15, -0.1) is 0 Å². The smallest absolute Gasteiger partial charge is 0.170 e. The van der Waals surface area contributed by atoms with Gasteiger partial charge >= 0.3 is 0 Å². The third kappa shape index (κ3) is 4.91. The van der Waals surface area contributed by atoms with Crippen molar-refractivity contribution in [1.82, 2.24) is 10.1 Å². The molecule has 0 N–H and O–H groups in total. The Morgan fingerprint density at radius 1 is 1.22 bits per heavy atom. The summed E-state index contributed by atoms with van der Waals surface area (Å²) in [6, 6.07) is 9.67. The highest BCUT2D eigenvalue weighted by atomic mass is 19.1. The maximum Gasteiger partial charge on any atom is 0.170 e. The van der Waals surface area contributed by atoms with Crippen molar-refractivity contribution in [2.75, 3.05) is 33.4 Å². The molecule has 1 fully saturated rings. The van der Waals surface area contributed by atoms with Crippen LogP contribution < -0.4 is 9.47 Å². The molecule has 1 saturated heterocycles. The van der Waals surface area contributed by atoms with Gasteiger partial charge in [0, 0.05) is 23.9 Å². The third-order valence-electron chi connectivity index (χ3n) is 6.14. The van der Waals surface area contributed by atoms with Gasteiger partial charge in [0.25, 0.3) is 0 Å². The molecule has 1 unspecified atom stereocenters. The first-order chi connectivity index (χ1) is 15.6. The van der Waals surface area contributed by atoms with Gasteiger partial charge in [-0.05, 0) is 69.1 Å². The van der Waals surface area contributed by atoms with Crippen molar-refractivity contribution in [1.29, 1.82) is 0 Å². The van der Waals surface area contributed by atoms with Gasteiger partial charge in [0.1, 0.15) is 11.9 Å². The largest absolute Gasteiger partial charge is 0.493 e. The van der Waals surface area contributed by atoms with Gasteiger partial charge in [0.05, 0.1) is 19.4 Å². The van der Waals surface area contributed by atoms with E-state index in [1.165, 1.54) is 12.1 Å².